The molecule has 1 aliphatic rings. The smallest absolute Gasteiger partial charge is 0.243 e. The Morgan fingerprint density at radius 3 is 2.33 bits per heavy atom. The minimum atomic E-state index is -3.57. The highest BCUT2D eigenvalue weighted by Gasteiger charge is 2.32. The number of aryl methyl sites for hydroxylation is 1. The first-order chi connectivity index (χ1) is 20.6. The molecule has 0 spiro atoms. The third-order valence-corrected chi connectivity index (χ3v) is 9.53. The van der Waals surface area contributed by atoms with E-state index < -0.39 is 16.1 Å². The van der Waals surface area contributed by atoms with E-state index in [1.165, 1.54) is 17.0 Å². The van der Waals surface area contributed by atoms with Crippen molar-refractivity contribution in [2.24, 2.45) is 0 Å². The highest BCUT2D eigenvalue weighted by atomic mass is 35.5. The molecule has 7 nitrogen and oxygen atoms in total. The molecule has 0 unspecified atom stereocenters. The molecule has 1 aliphatic carbocycles. The third-order valence-electron chi connectivity index (χ3n) is 7.96. The lowest BCUT2D eigenvalue weighted by Gasteiger charge is -2.34. The first-order valence-electron chi connectivity index (χ1n) is 15.0. The van der Waals surface area contributed by atoms with Gasteiger partial charge >= 0.3 is 0 Å². The third kappa shape index (κ3) is 9.57. The number of hydrogen-bond acceptors (Lipinski definition) is 4. The Labute approximate surface area is 261 Å². The molecule has 1 N–H and O–H groups in total. The molecule has 9 heteroatoms. The van der Waals surface area contributed by atoms with Gasteiger partial charge in [0, 0.05) is 37.0 Å². The topological polar surface area (TPSA) is 86.8 Å². The predicted molar refractivity (Wildman–Crippen MR) is 174 cm³/mol. The van der Waals surface area contributed by atoms with Crippen LogP contribution in [0.25, 0.3) is 0 Å². The summed E-state index contributed by atoms with van der Waals surface area (Å²) in [6.45, 7) is 2.22. The number of nitrogens with one attached hydrogen (secondary N) is 1. The van der Waals surface area contributed by atoms with Crippen LogP contribution in [-0.4, -0.2) is 50.0 Å². The highest BCUT2D eigenvalue weighted by molar-refractivity contribution is 7.92. The molecule has 0 saturated heterocycles. The average molecular weight is 624 g/mol. The molecule has 3 aromatic carbocycles. The van der Waals surface area contributed by atoms with Gasteiger partial charge in [0.1, 0.15) is 6.04 Å². The van der Waals surface area contributed by atoms with Crippen LogP contribution in [0.2, 0.25) is 5.02 Å². The number of halogens is 1. The second-order valence-corrected chi connectivity index (χ2v) is 13.8. The van der Waals surface area contributed by atoms with Crippen molar-refractivity contribution in [3.63, 3.8) is 0 Å². The first kappa shape index (κ1) is 32.6. The maximum absolute atomic E-state index is 14.0. The molecule has 0 heterocycles. The van der Waals surface area contributed by atoms with Crippen molar-refractivity contribution < 1.29 is 18.0 Å². The zero-order valence-electron chi connectivity index (χ0n) is 25.0. The predicted octanol–water partition coefficient (Wildman–Crippen LogP) is 6.28. The Hall–Kier alpha value is -3.36. The zero-order chi connectivity index (χ0) is 30.8. The van der Waals surface area contributed by atoms with Crippen LogP contribution in [0.1, 0.15) is 61.6 Å². The number of rotatable bonds is 13. The highest BCUT2D eigenvalue weighted by Crippen LogP contribution is 2.24. The van der Waals surface area contributed by atoms with Crippen molar-refractivity contribution in [1.82, 2.24) is 10.2 Å². The Balaban J connectivity index is 1.60. The van der Waals surface area contributed by atoms with Gasteiger partial charge in [-0.05, 0) is 61.1 Å². The van der Waals surface area contributed by atoms with Crippen LogP contribution in [0, 0.1) is 6.92 Å². The Bertz CT molecular complexity index is 1480. The second-order valence-electron chi connectivity index (χ2n) is 11.4. The summed E-state index contributed by atoms with van der Waals surface area (Å²) in [7, 11) is -3.57. The van der Waals surface area contributed by atoms with Crippen molar-refractivity contribution in [2.45, 2.75) is 76.9 Å². The van der Waals surface area contributed by atoms with Crippen molar-refractivity contribution in [2.75, 3.05) is 17.1 Å². The summed E-state index contributed by atoms with van der Waals surface area (Å²) in [5.74, 6) is -0.397. The molecule has 0 aliphatic heterocycles. The molecule has 230 valence electrons. The quantitative estimate of drug-likeness (QED) is 0.243. The van der Waals surface area contributed by atoms with E-state index >= 15 is 0 Å². The lowest BCUT2D eigenvalue weighted by atomic mass is 9.94. The average Bonchev–Trinajstić information content (AvgIpc) is 2.98. The SMILES string of the molecule is Cc1cccc(N(CCCC(=O)N(Cc2ccccc2Cl)[C@@H](Cc2ccccc2)C(=O)NC2CCCCC2)S(C)(=O)=O)c1. The molecule has 43 heavy (non-hydrogen) atoms. The van der Waals surface area contributed by atoms with Crippen LogP contribution in [0.15, 0.2) is 78.9 Å². The van der Waals surface area contributed by atoms with Gasteiger partial charge in [-0.1, -0.05) is 91.5 Å². The fraction of sp³-hybridized carbons (Fsp3) is 0.412. The van der Waals surface area contributed by atoms with E-state index in [4.69, 9.17) is 11.6 Å². The molecule has 4 rings (SSSR count). The largest absolute Gasteiger partial charge is 0.352 e. The molecule has 1 atom stereocenters. The summed E-state index contributed by atoms with van der Waals surface area (Å²) in [5, 5.41) is 3.76. The summed E-state index contributed by atoms with van der Waals surface area (Å²) < 4.78 is 26.7. The van der Waals surface area contributed by atoms with E-state index in [-0.39, 0.29) is 37.4 Å². The second kappa shape index (κ2) is 15.4. The van der Waals surface area contributed by atoms with Gasteiger partial charge in [-0.3, -0.25) is 13.9 Å². The maximum Gasteiger partial charge on any atom is 0.243 e. The molecule has 0 bridgehead atoms. The number of hydrogen-bond donors (Lipinski definition) is 1. The number of carbonyl (C=O) groups excluding carboxylic acids is 2. The maximum atomic E-state index is 14.0. The summed E-state index contributed by atoms with van der Waals surface area (Å²) in [6.07, 6.45) is 7.09. The molecule has 1 saturated carbocycles. The van der Waals surface area contributed by atoms with E-state index in [1.54, 1.807) is 17.0 Å². The van der Waals surface area contributed by atoms with Crippen LogP contribution in [-0.2, 0) is 32.6 Å². The molecule has 3 aromatic rings. The van der Waals surface area contributed by atoms with Gasteiger partial charge in [0.15, 0.2) is 0 Å². The normalized spacial score (nSPS) is 14.6. The fourth-order valence-electron chi connectivity index (χ4n) is 5.70. The van der Waals surface area contributed by atoms with E-state index in [9.17, 15) is 18.0 Å². The van der Waals surface area contributed by atoms with Gasteiger partial charge in [-0.2, -0.15) is 0 Å². The van der Waals surface area contributed by atoms with E-state index in [0.29, 0.717) is 23.6 Å². The van der Waals surface area contributed by atoms with Crippen LogP contribution < -0.4 is 9.62 Å². The fourth-order valence-corrected chi connectivity index (χ4v) is 6.85. The van der Waals surface area contributed by atoms with Gasteiger partial charge in [-0.15, -0.1) is 0 Å². The van der Waals surface area contributed by atoms with E-state index in [1.807, 2.05) is 73.7 Å². The van der Waals surface area contributed by atoms with Gasteiger partial charge in [0.05, 0.1) is 11.9 Å². The first-order valence-corrected chi connectivity index (χ1v) is 17.3. The van der Waals surface area contributed by atoms with Crippen LogP contribution in [0.3, 0.4) is 0 Å². The number of nitrogens with zero attached hydrogens (tertiary/aromatic N) is 2. The lowest BCUT2D eigenvalue weighted by Crippen LogP contribution is -2.53. The minimum Gasteiger partial charge on any atom is -0.352 e. The summed E-state index contributed by atoms with van der Waals surface area (Å²) in [5.41, 5.74) is 3.21. The molecule has 0 radical (unpaired) electrons. The Morgan fingerprint density at radius 2 is 1.65 bits per heavy atom. The van der Waals surface area contributed by atoms with Gasteiger partial charge in [-0.25, -0.2) is 8.42 Å². The zero-order valence-corrected chi connectivity index (χ0v) is 26.6. The van der Waals surface area contributed by atoms with E-state index in [0.717, 1.165) is 42.4 Å². The Morgan fingerprint density at radius 1 is 0.953 bits per heavy atom. The molecule has 1 fully saturated rings. The molecule has 2 amide bonds. The monoisotopic (exact) mass is 623 g/mol. The number of benzene rings is 3. The number of carbonyl (C=O) groups is 2. The van der Waals surface area contributed by atoms with Crippen molar-refractivity contribution in [1.29, 1.82) is 0 Å². The lowest BCUT2D eigenvalue weighted by molar-refractivity contribution is -0.141. The van der Waals surface area contributed by atoms with Gasteiger partial charge in [0.2, 0.25) is 21.8 Å². The number of anilines is 1. The number of amides is 2. The van der Waals surface area contributed by atoms with E-state index in [2.05, 4.69) is 5.32 Å². The summed E-state index contributed by atoms with van der Waals surface area (Å²) in [6, 6.07) is 23.7. The van der Waals surface area contributed by atoms with Gasteiger partial charge in [0.25, 0.3) is 0 Å². The molecular weight excluding hydrogens is 582 g/mol. The van der Waals surface area contributed by atoms with Crippen molar-refractivity contribution in [3.8, 4) is 0 Å². The Kier molecular flexibility index (Phi) is 11.7. The summed E-state index contributed by atoms with van der Waals surface area (Å²) >= 11 is 6.54. The van der Waals surface area contributed by atoms with Gasteiger partial charge < -0.3 is 10.2 Å². The van der Waals surface area contributed by atoms with Crippen LogP contribution in [0.4, 0.5) is 5.69 Å². The van der Waals surface area contributed by atoms with Crippen molar-refractivity contribution in [3.05, 3.63) is 101 Å². The van der Waals surface area contributed by atoms with Crippen LogP contribution >= 0.6 is 11.6 Å². The van der Waals surface area contributed by atoms with Crippen LogP contribution in [0.5, 0.6) is 0 Å². The standard InChI is InChI=1S/C34H42ClN3O4S/c1-26-13-11-19-30(23-26)38(43(2,41)42)22-12-21-33(39)37(25-28-16-9-10-20-31(28)35)32(24-27-14-5-3-6-15-27)34(40)36-29-17-7-4-8-18-29/h3,5-6,9-11,13-16,19-20,23,29,32H,4,7-8,12,17-18,21-22,24-25H2,1-2H3,(H,36,40)/t32-/m0/s1. The summed E-state index contributed by atoms with van der Waals surface area (Å²) in [4.78, 5) is 29.6. The minimum absolute atomic E-state index is 0.0737. The number of sulfonamides is 1. The molecule has 0 aromatic heterocycles. The molecular formula is C34H42ClN3O4S. The van der Waals surface area contributed by atoms with Crippen molar-refractivity contribution >= 4 is 39.1 Å².